The van der Waals surface area contributed by atoms with Crippen LogP contribution in [0.25, 0.3) is 0 Å². The number of aryl methyl sites for hydroxylation is 1. The zero-order chi connectivity index (χ0) is 16.3. The zero-order valence-electron chi connectivity index (χ0n) is 13.7. The van der Waals surface area contributed by atoms with Crippen molar-refractivity contribution >= 4 is 15.8 Å². The van der Waals surface area contributed by atoms with Crippen LogP contribution in [-0.2, 0) is 10.0 Å². The molecule has 0 aromatic carbocycles. The lowest BCUT2D eigenvalue weighted by Crippen LogP contribution is -2.46. The molecule has 1 N–H and O–H groups in total. The van der Waals surface area contributed by atoms with Crippen molar-refractivity contribution in [1.82, 2.24) is 14.3 Å². The highest BCUT2D eigenvalue weighted by Crippen LogP contribution is 2.28. The molecular formula is C16H26N4O2S. The lowest BCUT2D eigenvalue weighted by molar-refractivity contribution is 0.320. The van der Waals surface area contributed by atoms with Crippen LogP contribution in [0.5, 0.6) is 0 Å². The van der Waals surface area contributed by atoms with Crippen molar-refractivity contribution in [3.63, 3.8) is 0 Å². The molecule has 0 radical (unpaired) electrons. The Morgan fingerprint density at radius 2 is 1.78 bits per heavy atom. The monoisotopic (exact) mass is 338 g/mol. The van der Waals surface area contributed by atoms with Gasteiger partial charge in [0.1, 0.15) is 12.1 Å². The van der Waals surface area contributed by atoms with E-state index in [2.05, 4.69) is 15.3 Å². The minimum Gasteiger partial charge on any atom is -0.367 e. The van der Waals surface area contributed by atoms with Crippen LogP contribution in [0.4, 0.5) is 5.82 Å². The van der Waals surface area contributed by atoms with Gasteiger partial charge in [-0.15, -0.1) is 0 Å². The summed E-state index contributed by atoms with van der Waals surface area (Å²) >= 11 is 0. The average molecular weight is 338 g/mol. The fraction of sp³-hybridized carbons (Fsp3) is 0.750. The number of hydrogen-bond acceptors (Lipinski definition) is 5. The lowest BCUT2D eigenvalue weighted by atomic mass is 10.0. The molecule has 0 unspecified atom stereocenters. The van der Waals surface area contributed by atoms with E-state index < -0.39 is 10.0 Å². The van der Waals surface area contributed by atoms with Gasteiger partial charge >= 0.3 is 0 Å². The second kappa shape index (κ2) is 7.13. The fourth-order valence-electron chi connectivity index (χ4n) is 3.57. The predicted molar refractivity (Wildman–Crippen MR) is 90.8 cm³/mol. The third kappa shape index (κ3) is 4.01. The third-order valence-electron chi connectivity index (χ3n) is 4.94. The maximum absolute atomic E-state index is 12.7. The van der Waals surface area contributed by atoms with Gasteiger partial charge in [-0.05, 0) is 32.6 Å². The normalized spacial score (nSPS) is 22.1. The minimum atomic E-state index is -3.11. The summed E-state index contributed by atoms with van der Waals surface area (Å²) in [6, 6.07) is 2.20. The maximum Gasteiger partial charge on any atom is 0.216 e. The Balaban J connectivity index is 1.55. The first-order chi connectivity index (χ1) is 11.1. The highest BCUT2D eigenvalue weighted by molar-refractivity contribution is 7.89. The molecule has 0 bridgehead atoms. The van der Waals surface area contributed by atoms with Gasteiger partial charge in [-0.25, -0.2) is 22.7 Å². The summed E-state index contributed by atoms with van der Waals surface area (Å²) in [6.45, 7) is 3.16. The quantitative estimate of drug-likeness (QED) is 0.912. The number of anilines is 1. The molecule has 7 heteroatoms. The molecule has 6 nitrogen and oxygen atoms in total. The SMILES string of the molecule is Cc1cc(NC2CCN(S(=O)(=O)C3CCCCC3)CC2)ncn1. The standard InChI is InChI=1S/C16H26N4O2S/c1-13-11-16(18-12-17-13)19-14-7-9-20(10-8-14)23(21,22)15-5-3-2-4-6-15/h11-12,14-15H,2-10H2,1H3,(H,17,18,19). The molecule has 1 saturated heterocycles. The second-order valence-electron chi connectivity index (χ2n) is 6.67. The van der Waals surface area contributed by atoms with Crippen molar-refractivity contribution < 1.29 is 8.42 Å². The van der Waals surface area contributed by atoms with Crippen LogP contribution in [0.3, 0.4) is 0 Å². The van der Waals surface area contributed by atoms with Crippen LogP contribution in [0, 0.1) is 6.92 Å². The van der Waals surface area contributed by atoms with E-state index in [1.165, 1.54) is 6.42 Å². The molecule has 0 amide bonds. The Kier molecular flexibility index (Phi) is 5.16. The van der Waals surface area contributed by atoms with Gasteiger partial charge in [0.25, 0.3) is 0 Å². The summed E-state index contributed by atoms with van der Waals surface area (Å²) in [5.41, 5.74) is 0.930. The van der Waals surface area contributed by atoms with E-state index in [1.807, 2.05) is 13.0 Å². The van der Waals surface area contributed by atoms with Crippen LogP contribution in [0.15, 0.2) is 12.4 Å². The van der Waals surface area contributed by atoms with Crippen LogP contribution in [-0.4, -0.2) is 47.1 Å². The molecule has 128 valence electrons. The minimum absolute atomic E-state index is 0.148. The van der Waals surface area contributed by atoms with Gasteiger partial charge < -0.3 is 5.32 Å². The molecule has 2 fully saturated rings. The molecule has 0 atom stereocenters. The molecule has 1 aliphatic carbocycles. The average Bonchev–Trinajstić information content (AvgIpc) is 2.56. The number of hydrogen-bond donors (Lipinski definition) is 1. The first-order valence-electron chi connectivity index (χ1n) is 8.60. The fourth-order valence-corrected chi connectivity index (χ4v) is 5.64. The second-order valence-corrected chi connectivity index (χ2v) is 8.88. The molecule has 2 aliphatic rings. The van der Waals surface area contributed by atoms with Gasteiger partial charge in [-0.2, -0.15) is 0 Å². The smallest absolute Gasteiger partial charge is 0.216 e. The van der Waals surface area contributed by atoms with E-state index in [0.29, 0.717) is 13.1 Å². The van der Waals surface area contributed by atoms with E-state index in [-0.39, 0.29) is 11.3 Å². The van der Waals surface area contributed by atoms with Gasteiger partial charge in [-0.3, -0.25) is 0 Å². The van der Waals surface area contributed by atoms with E-state index in [0.717, 1.165) is 50.0 Å². The van der Waals surface area contributed by atoms with Crippen molar-refractivity contribution in [1.29, 1.82) is 0 Å². The van der Waals surface area contributed by atoms with Crippen LogP contribution in [0.1, 0.15) is 50.6 Å². The molecule has 1 aliphatic heterocycles. The largest absolute Gasteiger partial charge is 0.367 e. The third-order valence-corrected chi connectivity index (χ3v) is 7.34. The van der Waals surface area contributed by atoms with Gasteiger partial charge in [0, 0.05) is 30.9 Å². The molecule has 1 saturated carbocycles. The topological polar surface area (TPSA) is 75.2 Å². The van der Waals surface area contributed by atoms with Crippen molar-refractivity contribution in [3.8, 4) is 0 Å². The Labute approximate surface area is 138 Å². The predicted octanol–water partition coefficient (Wildman–Crippen LogP) is 2.32. The highest BCUT2D eigenvalue weighted by Gasteiger charge is 2.35. The number of piperidine rings is 1. The Morgan fingerprint density at radius 1 is 1.09 bits per heavy atom. The summed E-state index contributed by atoms with van der Waals surface area (Å²) < 4.78 is 27.2. The number of nitrogens with one attached hydrogen (secondary N) is 1. The van der Waals surface area contributed by atoms with Crippen LogP contribution >= 0.6 is 0 Å². The van der Waals surface area contributed by atoms with Crippen LogP contribution < -0.4 is 5.32 Å². The number of aromatic nitrogens is 2. The number of nitrogens with zero attached hydrogens (tertiary/aromatic N) is 3. The molecule has 0 spiro atoms. The Morgan fingerprint density at radius 3 is 2.43 bits per heavy atom. The molecule has 1 aromatic heterocycles. The summed E-state index contributed by atoms with van der Waals surface area (Å²) in [5, 5.41) is 3.25. The first-order valence-corrected chi connectivity index (χ1v) is 10.1. The van der Waals surface area contributed by atoms with E-state index in [9.17, 15) is 8.42 Å². The van der Waals surface area contributed by atoms with Crippen molar-refractivity contribution in [2.24, 2.45) is 0 Å². The molecule has 3 rings (SSSR count). The van der Waals surface area contributed by atoms with Crippen molar-refractivity contribution in [2.75, 3.05) is 18.4 Å². The molecular weight excluding hydrogens is 312 g/mol. The summed E-state index contributed by atoms with van der Waals surface area (Å²) in [4.78, 5) is 8.31. The number of rotatable bonds is 4. The summed E-state index contributed by atoms with van der Waals surface area (Å²) in [7, 11) is -3.11. The van der Waals surface area contributed by atoms with Crippen molar-refractivity contribution in [3.05, 3.63) is 18.1 Å². The molecule has 23 heavy (non-hydrogen) atoms. The highest BCUT2D eigenvalue weighted by atomic mass is 32.2. The summed E-state index contributed by atoms with van der Waals surface area (Å²) in [5.74, 6) is 0.825. The van der Waals surface area contributed by atoms with E-state index >= 15 is 0 Å². The lowest BCUT2D eigenvalue weighted by Gasteiger charge is -2.35. The van der Waals surface area contributed by atoms with Gasteiger partial charge in [-0.1, -0.05) is 19.3 Å². The molecule has 2 heterocycles. The van der Waals surface area contributed by atoms with Crippen molar-refractivity contribution in [2.45, 2.75) is 63.2 Å². The van der Waals surface area contributed by atoms with Gasteiger partial charge in [0.2, 0.25) is 10.0 Å². The maximum atomic E-state index is 12.7. The molecule has 1 aromatic rings. The van der Waals surface area contributed by atoms with Crippen LogP contribution in [0.2, 0.25) is 0 Å². The van der Waals surface area contributed by atoms with E-state index in [1.54, 1.807) is 10.6 Å². The summed E-state index contributed by atoms with van der Waals surface area (Å²) in [6.07, 6.45) is 8.16. The number of sulfonamides is 1. The Bertz CT molecular complexity index is 621. The van der Waals surface area contributed by atoms with Gasteiger partial charge in [0.05, 0.1) is 5.25 Å². The zero-order valence-corrected chi connectivity index (χ0v) is 14.6. The van der Waals surface area contributed by atoms with E-state index in [4.69, 9.17) is 0 Å². The first kappa shape index (κ1) is 16.6. The Hall–Kier alpha value is -1.21. The van der Waals surface area contributed by atoms with Gasteiger partial charge in [0.15, 0.2) is 0 Å².